The number of nitrogens with two attached hydrogens (primary N) is 1. The van der Waals surface area contributed by atoms with Crippen molar-refractivity contribution in [2.75, 3.05) is 0 Å². The summed E-state index contributed by atoms with van der Waals surface area (Å²) in [7, 11) is 1.79. The van der Waals surface area contributed by atoms with Gasteiger partial charge in [-0.25, -0.2) is 15.1 Å². The van der Waals surface area contributed by atoms with E-state index in [4.69, 9.17) is 5.84 Å². The van der Waals surface area contributed by atoms with Gasteiger partial charge in [0.1, 0.15) is 11.9 Å². The molecule has 2 heterocycles. The molecule has 4 N–H and O–H groups in total. The molecule has 0 radical (unpaired) electrons. The molecule has 0 aliphatic rings. The molecular formula is C7H10BrN7. The molecule has 2 aromatic rings. The number of nitrogens with zero attached hydrogens (tertiary/aromatic N) is 4. The van der Waals surface area contributed by atoms with Gasteiger partial charge in [0.25, 0.3) is 0 Å². The molecule has 80 valence electrons. The van der Waals surface area contributed by atoms with Gasteiger partial charge < -0.3 is 4.98 Å². The fourth-order valence-electron chi connectivity index (χ4n) is 1.37. The number of imidazole rings is 1. The van der Waals surface area contributed by atoms with E-state index in [2.05, 4.69) is 41.6 Å². The molecule has 1 unspecified atom stereocenters. The van der Waals surface area contributed by atoms with Crippen LogP contribution in [0, 0.1) is 0 Å². The fourth-order valence-corrected chi connectivity index (χ4v) is 1.92. The molecule has 8 heteroatoms. The number of hydrogen-bond acceptors (Lipinski definition) is 5. The van der Waals surface area contributed by atoms with Crippen molar-refractivity contribution in [3.63, 3.8) is 0 Å². The quantitative estimate of drug-likeness (QED) is 0.533. The lowest BCUT2D eigenvalue weighted by molar-refractivity contribution is 0.550. The minimum Gasteiger partial charge on any atom is -0.347 e. The van der Waals surface area contributed by atoms with Crippen molar-refractivity contribution in [1.29, 1.82) is 0 Å². The standard InChI is InChI=1S/C7H10BrN7/c1-15-5(6(8)13-14-15)4(12-9)7-10-2-3-11-7/h2-4,12H,9H2,1H3,(H,10,11). The van der Waals surface area contributed by atoms with Crippen LogP contribution in [0.5, 0.6) is 0 Å². The summed E-state index contributed by atoms with van der Waals surface area (Å²) >= 11 is 3.31. The number of hydrazine groups is 1. The molecule has 0 aromatic carbocycles. The zero-order valence-electron chi connectivity index (χ0n) is 7.98. The van der Waals surface area contributed by atoms with Gasteiger partial charge in [0.05, 0.1) is 5.69 Å². The Kier molecular flexibility index (Phi) is 2.80. The molecule has 7 nitrogen and oxygen atoms in total. The first-order valence-corrected chi connectivity index (χ1v) is 5.03. The molecule has 0 aliphatic heterocycles. The number of aryl methyl sites for hydroxylation is 1. The van der Waals surface area contributed by atoms with Gasteiger partial charge in [-0.1, -0.05) is 5.21 Å². The molecule has 0 aliphatic carbocycles. The largest absolute Gasteiger partial charge is 0.347 e. The molecule has 0 spiro atoms. The molecule has 0 fully saturated rings. The van der Waals surface area contributed by atoms with E-state index < -0.39 is 0 Å². The van der Waals surface area contributed by atoms with Gasteiger partial charge in [0.15, 0.2) is 4.60 Å². The molecule has 0 saturated carbocycles. The summed E-state index contributed by atoms with van der Waals surface area (Å²) in [5, 5.41) is 7.76. The van der Waals surface area contributed by atoms with Crippen LogP contribution >= 0.6 is 15.9 Å². The van der Waals surface area contributed by atoms with Gasteiger partial charge in [-0.3, -0.25) is 5.84 Å². The van der Waals surface area contributed by atoms with Crippen LogP contribution in [0.1, 0.15) is 17.6 Å². The Labute approximate surface area is 94.2 Å². The minimum absolute atomic E-state index is 0.269. The first kappa shape index (κ1) is 10.3. The summed E-state index contributed by atoms with van der Waals surface area (Å²) < 4.78 is 2.28. The van der Waals surface area contributed by atoms with Crippen LogP contribution in [-0.4, -0.2) is 25.0 Å². The second-order valence-electron chi connectivity index (χ2n) is 2.96. The van der Waals surface area contributed by atoms with Gasteiger partial charge in [0, 0.05) is 19.4 Å². The van der Waals surface area contributed by atoms with E-state index in [9.17, 15) is 0 Å². The molecular weight excluding hydrogens is 262 g/mol. The lowest BCUT2D eigenvalue weighted by Crippen LogP contribution is -2.31. The first-order valence-electron chi connectivity index (χ1n) is 4.24. The zero-order chi connectivity index (χ0) is 10.8. The summed E-state index contributed by atoms with van der Waals surface area (Å²) in [6, 6.07) is -0.269. The van der Waals surface area contributed by atoms with Crippen LogP contribution in [0.2, 0.25) is 0 Å². The zero-order valence-corrected chi connectivity index (χ0v) is 9.56. The maximum absolute atomic E-state index is 5.49. The average Bonchev–Trinajstić information content (AvgIpc) is 2.83. The van der Waals surface area contributed by atoms with Crippen LogP contribution < -0.4 is 11.3 Å². The predicted molar refractivity (Wildman–Crippen MR) is 56.5 cm³/mol. The highest BCUT2D eigenvalue weighted by molar-refractivity contribution is 9.10. The highest BCUT2D eigenvalue weighted by Gasteiger charge is 2.22. The summed E-state index contributed by atoms with van der Waals surface area (Å²) in [6.45, 7) is 0. The second kappa shape index (κ2) is 4.09. The number of hydrogen-bond donors (Lipinski definition) is 3. The van der Waals surface area contributed by atoms with Crippen LogP contribution in [0.4, 0.5) is 0 Å². The molecule has 0 amide bonds. The van der Waals surface area contributed by atoms with Crippen molar-refractivity contribution >= 4 is 15.9 Å². The van der Waals surface area contributed by atoms with Gasteiger partial charge in [-0.05, 0) is 15.9 Å². The summed E-state index contributed by atoms with van der Waals surface area (Å²) in [4.78, 5) is 7.13. The molecule has 15 heavy (non-hydrogen) atoms. The normalized spacial score (nSPS) is 13.0. The number of H-pyrrole nitrogens is 1. The lowest BCUT2D eigenvalue weighted by atomic mass is 10.2. The lowest BCUT2D eigenvalue weighted by Gasteiger charge is -2.13. The second-order valence-corrected chi connectivity index (χ2v) is 3.71. The number of rotatable bonds is 3. The van der Waals surface area contributed by atoms with E-state index in [1.54, 1.807) is 24.1 Å². The summed E-state index contributed by atoms with van der Waals surface area (Å²) in [6.07, 6.45) is 3.40. The smallest absolute Gasteiger partial charge is 0.153 e. The van der Waals surface area contributed by atoms with Gasteiger partial charge in [-0.2, -0.15) is 0 Å². The third-order valence-electron chi connectivity index (χ3n) is 2.06. The first-order chi connectivity index (χ1) is 7.24. The highest BCUT2D eigenvalue weighted by Crippen LogP contribution is 2.23. The monoisotopic (exact) mass is 271 g/mol. The highest BCUT2D eigenvalue weighted by atomic mass is 79.9. The van der Waals surface area contributed by atoms with Crippen molar-refractivity contribution in [1.82, 2.24) is 30.4 Å². The molecule has 2 rings (SSSR count). The minimum atomic E-state index is -0.269. The molecule has 0 saturated heterocycles. The van der Waals surface area contributed by atoms with Crippen molar-refractivity contribution in [2.24, 2.45) is 12.9 Å². The van der Waals surface area contributed by atoms with Crippen molar-refractivity contribution in [3.05, 3.63) is 28.5 Å². The third-order valence-corrected chi connectivity index (χ3v) is 2.62. The average molecular weight is 272 g/mol. The predicted octanol–water partition coefficient (Wildman–Crippen LogP) is -0.147. The van der Waals surface area contributed by atoms with E-state index in [0.717, 1.165) is 5.69 Å². The Morgan fingerprint density at radius 2 is 2.47 bits per heavy atom. The van der Waals surface area contributed by atoms with Gasteiger partial charge in [-0.15, -0.1) is 5.10 Å². The summed E-state index contributed by atoms with van der Waals surface area (Å²) in [5.41, 5.74) is 3.48. The SMILES string of the molecule is Cn1nnc(Br)c1C(NN)c1ncc[nH]1. The molecule has 1 atom stereocenters. The maximum atomic E-state index is 5.49. The number of nitrogens with one attached hydrogen (secondary N) is 2. The number of aromatic amines is 1. The van der Waals surface area contributed by atoms with Crippen LogP contribution in [0.25, 0.3) is 0 Å². The topological polar surface area (TPSA) is 97.4 Å². The third kappa shape index (κ3) is 1.78. The number of halogens is 1. The van der Waals surface area contributed by atoms with Crippen LogP contribution in [-0.2, 0) is 7.05 Å². The van der Waals surface area contributed by atoms with E-state index in [0.29, 0.717) is 10.4 Å². The van der Waals surface area contributed by atoms with E-state index in [1.165, 1.54) is 0 Å². The van der Waals surface area contributed by atoms with Crippen LogP contribution in [0.15, 0.2) is 17.0 Å². The van der Waals surface area contributed by atoms with Crippen molar-refractivity contribution < 1.29 is 0 Å². The van der Waals surface area contributed by atoms with E-state index in [1.807, 2.05) is 0 Å². The van der Waals surface area contributed by atoms with E-state index >= 15 is 0 Å². The Morgan fingerprint density at radius 3 is 2.93 bits per heavy atom. The van der Waals surface area contributed by atoms with Gasteiger partial charge >= 0.3 is 0 Å². The van der Waals surface area contributed by atoms with Crippen molar-refractivity contribution in [3.8, 4) is 0 Å². The van der Waals surface area contributed by atoms with E-state index in [-0.39, 0.29) is 6.04 Å². The van der Waals surface area contributed by atoms with Crippen molar-refractivity contribution in [2.45, 2.75) is 6.04 Å². The Bertz CT molecular complexity index is 415. The Morgan fingerprint density at radius 1 is 1.67 bits per heavy atom. The summed E-state index contributed by atoms with van der Waals surface area (Å²) in [5.74, 6) is 6.20. The maximum Gasteiger partial charge on any atom is 0.153 e. The molecule has 2 aromatic heterocycles. The fraction of sp³-hybridized carbons (Fsp3) is 0.286. The number of aromatic nitrogens is 5. The van der Waals surface area contributed by atoms with Crippen LogP contribution in [0.3, 0.4) is 0 Å². The van der Waals surface area contributed by atoms with Gasteiger partial charge in [0.2, 0.25) is 0 Å². The Hall–Kier alpha value is -1.25. The molecule has 0 bridgehead atoms. The Balaban J connectivity index is 2.44.